The lowest BCUT2D eigenvalue weighted by molar-refractivity contribution is 0.131. The standard InChI is InChI=1S/C11H20N4O/c1-10-9-12-11(13-10)16-8-7-15-5-3-14(2)4-6-15/h9H,3-8H2,1-2H3,(H,12,13). The first-order chi connectivity index (χ1) is 7.74. The first-order valence-corrected chi connectivity index (χ1v) is 5.80. The van der Waals surface area contributed by atoms with Crippen LogP contribution < -0.4 is 4.74 Å². The Bertz CT molecular complexity index is 318. The molecular weight excluding hydrogens is 204 g/mol. The normalized spacial score (nSPS) is 18.9. The molecule has 0 aliphatic carbocycles. The molecule has 0 saturated carbocycles. The number of hydrogen-bond acceptors (Lipinski definition) is 4. The molecule has 1 aliphatic heterocycles. The van der Waals surface area contributed by atoms with Gasteiger partial charge in [-0.05, 0) is 14.0 Å². The van der Waals surface area contributed by atoms with E-state index in [0.29, 0.717) is 12.6 Å². The molecule has 0 unspecified atom stereocenters. The number of H-pyrrole nitrogens is 1. The van der Waals surface area contributed by atoms with Gasteiger partial charge in [-0.1, -0.05) is 0 Å². The van der Waals surface area contributed by atoms with Crippen molar-refractivity contribution in [2.45, 2.75) is 6.92 Å². The highest BCUT2D eigenvalue weighted by Crippen LogP contribution is 2.04. The van der Waals surface area contributed by atoms with Crippen LogP contribution >= 0.6 is 0 Å². The zero-order chi connectivity index (χ0) is 11.4. The zero-order valence-electron chi connectivity index (χ0n) is 10.1. The average Bonchev–Trinajstić information content (AvgIpc) is 2.67. The third-order valence-electron chi connectivity index (χ3n) is 2.92. The number of aryl methyl sites for hydroxylation is 1. The maximum Gasteiger partial charge on any atom is 0.293 e. The van der Waals surface area contributed by atoms with Crippen molar-refractivity contribution in [3.05, 3.63) is 11.9 Å². The van der Waals surface area contributed by atoms with E-state index < -0.39 is 0 Å². The SMILES string of the molecule is Cc1c[nH]c(OCCN2CCN(C)CC2)n1. The summed E-state index contributed by atoms with van der Waals surface area (Å²) in [6.07, 6.45) is 1.85. The lowest BCUT2D eigenvalue weighted by atomic mass is 10.3. The van der Waals surface area contributed by atoms with Gasteiger partial charge in [-0.15, -0.1) is 0 Å². The molecule has 90 valence electrons. The average molecular weight is 224 g/mol. The van der Waals surface area contributed by atoms with Crippen molar-refractivity contribution in [1.82, 2.24) is 19.8 Å². The van der Waals surface area contributed by atoms with Crippen LogP contribution in [0.15, 0.2) is 6.20 Å². The first kappa shape index (κ1) is 11.4. The number of hydrogen-bond donors (Lipinski definition) is 1. The minimum Gasteiger partial charge on any atom is -0.463 e. The number of nitrogens with one attached hydrogen (secondary N) is 1. The smallest absolute Gasteiger partial charge is 0.293 e. The van der Waals surface area contributed by atoms with Gasteiger partial charge in [0.05, 0.1) is 5.69 Å². The fraction of sp³-hybridized carbons (Fsp3) is 0.727. The van der Waals surface area contributed by atoms with Gasteiger partial charge in [0, 0.05) is 38.9 Å². The summed E-state index contributed by atoms with van der Waals surface area (Å²) in [5.41, 5.74) is 0.967. The van der Waals surface area contributed by atoms with E-state index in [9.17, 15) is 0 Å². The van der Waals surface area contributed by atoms with Crippen LogP contribution in [-0.2, 0) is 0 Å². The van der Waals surface area contributed by atoms with Gasteiger partial charge in [-0.25, -0.2) is 4.98 Å². The molecule has 16 heavy (non-hydrogen) atoms. The van der Waals surface area contributed by atoms with E-state index in [2.05, 4.69) is 26.8 Å². The Balaban J connectivity index is 1.64. The number of nitrogens with zero attached hydrogens (tertiary/aromatic N) is 3. The Hall–Kier alpha value is -1.07. The minimum absolute atomic E-state index is 0.631. The van der Waals surface area contributed by atoms with E-state index in [-0.39, 0.29) is 0 Å². The Morgan fingerprint density at radius 1 is 1.38 bits per heavy atom. The van der Waals surface area contributed by atoms with E-state index >= 15 is 0 Å². The molecule has 1 saturated heterocycles. The molecule has 0 atom stereocenters. The second-order valence-corrected chi connectivity index (χ2v) is 4.34. The van der Waals surface area contributed by atoms with Crippen LogP contribution in [0.3, 0.4) is 0 Å². The quantitative estimate of drug-likeness (QED) is 0.801. The highest BCUT2D eigenvalue weighted by molar-refractivity contribution is 5.02. The molecule has 0 amide bonds. The summed E-state index contributed by atoms with van der Waals surface area (Å²) in [6.45, 7) is 8.21. The lowest BCUT2D eigenvalue weighted by Gasteiger charge is -2.31. The topological polar surface area (TPSA) is 44.4 Å². The second kappa shape index (κ2) is 5.32. The molecule has 1 aliphatic rings. The maximum atomic E-state index is 5.53. The zero-order valence-corrected chi connectivity index (χ0v) is 10.1. The van der Waals surface area contributed by atoms with Crippen LogP contribution in [0.4, 0.5) is 0 Å². The molecule has 1 N–H and O–H groups in total. The summed E-state index contributed by atoms with van der Waals surface area (Å²) >= 11 is 0. The largest absolute Gasteiger partial charge is 0.463 e. The molecular formula is C11H20N4O. The summed E-state index contributed by atoms with van der Waals surface area (Å²) in [5.74, 6) is 0. The summed E-state index contributed by atoms with van der Waals surface area (Å²) in [5, 5.41) is 0. The predicted octanol–water partition coefficient (Wildman–Crippen LogP) is 0.344. The van der Waals surface area contributed by atoms with E-state index in [1.165, 1.54) is 0 Å². The fourth-order valence-electron chi connectivity index (χ4n) is 1.81. The molecule has 2 heterocycles. The van der Waals surface area contributed by atoms with Crippen LogP contribution in [0, 0.1) is 6.92 Å². The van der Waals surface area contributed by atoms with Crippen molar-refractivity contribution in [2.75, 3.05) is 46.4 Å². The van der Waals surface area contributed by atoms with Gasteiger partial charge in [0.1, 0.15) is 6.61 Å². The Morgan fingerprint density at radius 3 is 2.75 bits per heavy atom. The van der Waals surface area contributed by atoms with Gasteiger partial charge in [0.25, 0.3) is 6.01 Å². The van der Waals surface area contributed by atoms with Gasteiger partial charge in [-0.2, -0.15) is 0 Å². The van der Waals surface area contributed by atoms with Crippen molar-refractivity contribution in [1.29, 1.82) is 0 Å². The number of imidazole rings is 1. The van der Waals surface area contributed by atoms with Gasteiger partial charge in [0.2, 0.25) is 0 Å². The summed E-state index contributed by atoms with van der Waals surface area (Å²) < 4.78 is 5.53. The maximum absolute atomic E-state index is 5.53. The van der Waals surface area contributed by atoms with Crippen molar-refractivity contribution in [3.8, 4) is 6.01 Å². The van der Waals surface area contributed by atoms with Crippen LogP contribution in [0.1, 0.15) is 5.69 Å². The third kappa shape index (κ3) is 3.21. The molecule has 5 heteroatoms. The summed E-state index contributed by atoms with van der Waals surface area (Å²) in [4.78, 5) is 12.0. The Labute approximate surface area is 96.4 Å². The van der Waals surface area contributed by atoms with Crippen LogP contribution in [0.25, 0.3) is 0 Å². The third-order valence-corrected chi connectivity index (χ3v) is 2.92. The highest BCUT2D eigenvalue weighted by Gasteiger charge is 2.13. The van der Waals surface area contributed by atoms with Gasteiger partial charge in [-0.3, -0.25) is 4.90 Å². The van der Waals surface area contributed by atoms with Crippen LogP contribution in [0.5, 0.6) is 6.01 Å². The molecule has 5 nitrogen and oxygen atoms in total. The van der Waals surface area contributed by atoms with Gasteiger partial charge >= 0.3 is 0 Å². The number of likely N-dealkylation sites (N-methyl/N-ethyl adjacent to an activating group) is 1. The molecule has 0 radical (unpaired) electrons. The minimum atomic E-state index is 0.631. The molecule has 2 rings (SSSR count). The molecule has 0 bridgehead atoms. The number of rotatable bonds is 4. The summed E-state index contributed by atoms with van der Waals surface area (Å²) in [7, 11) is 2.17. The van der Waals surface area contributed by atoms with Crippen molar-refractivity contribution < 1.29 is 4.74 Å². The van der Waals surface area contributed by atoms with Crippen LogP contribution in [0.2, 0.25) is 0 Å². The predicted molar refractivity (Wildman–Crippen MR) is 62.8 cm³/mol. The highest BCUT2D eigenvalue weighted by atomic mass is 16.5. The fourth-order valence-corrected chi connectivity index (χ4v) is 1.81. The Kier molecular flexibility index (Phi) is 3.79. The Morgan fingerprint density at radius 2 is 2.12 bits per heavy atom. The number of aromatic amines is 1. The van der Waals surface area contributed by atoms with Crippen molar-refractivity contribution >= 4 is 0 Å². The summed E-state index contributed by atoms with van der Waals surface area (Å²) in [6, 6.07) is 0.631. The number of piperazine rings is 1. The monoisotopic (exact) mass is 224 g/mol. The first-order valence-electron chi connectivity index (χ1n) is 5.80. The van der Waals surface area contributed by atoms with Gasteiger partial charge < -0.3 is 14.6 Å². The second-order valence-electron chi connectivity index (χ2n) is 4.34. The molecule has 0 spiro atoms. The van der Waals surface area contributed by atoms with Crippen LogP contribution in [-0.4, -0.2) is 66.1 Å². The molecule has 1 aromatic rings. The molecule has 0 aromatic carbocycles. The van der Waals surface area contributed by atoms with Crippen molar-refractivity contribution in [3.63, 3.8) is 0 Å². The molecule has 1 fully saturated rings. The van der Waals surface area contributed by atoms with E-state index in [1.54, 1.807) is 0 Å². The lowest BCUT2D eigenvalue weighted by Crippen LogP contribution is -2.45. The van der Waals surface area contributed by atoms with E-state index in [1.807, 2.05) is 13.1 Å². The number of ether oxygens (including phenoxy) is 1. The number of aromatic nitrogens is 2. The van der Waals surface area contributed by atoms with E-state index in [0.717, 1.165) is 38.4 Å². The van der Waals surface area contributed by atoms with Gasteiger partial charge in [0.15, 0.2) is 0 Å². The van der Waals surface area contributed by atoms with Crippen molar-refractivity contribution in [2.24, 2.45) is 0 Å². The molecule has 1 aromatic heterocycles. The van der Waals surface area contributed by atoms with E-state index in [4.69, 9.17) is 4.74 Å².